The molecule has 2 aromatic carbocycles. The van der Waals surface area contributed by atoms with Gasteiger partial charge in [-0.1, -0.05) is 24.3 Å². The molecule has 6 rings (SSSR count). The van der Waals surface area contributed by atoms with Gasteiger partial charge in [0, 0.05) is 53.4 Å². The zero-order valence-electron chi connectivity index (χ0n) is 19.4. The number of aromatic nitrogens is 4. The quantitative estimate of drug-likeness (QED) is 0.335. The third kappa shape index (κ3) is 4.45. The highest BCUT2D eigenvalue weighted by Gasteiger charge is 2.17. The Labute approximate surface area is 203 Å². The van der Waals surface area contributed by atoms with E-state index in [2.05, 4.69) is 55.4 Å². The van der Waals surface area contributed by atoms with Crippen molar-refractivity contribution in [3.05, 3.63) is 72.7 Å². The Kier molecular flexibility index (Phi) is 5.81. The Morgan fingerprint density at radius 1 is 1.00 bits per heavy atom. The number of H-pyrrole nitrogens is 2. The molecule has 178 valence electrons. The Hall–Kier alpha value is -3.88. The van der Waals surface area contributed by atoms with E-state index in [0.29, 0.717) is 12.4 Å². The molecule has 1 fully saturated rings. The highest BCUT2D eigenvalue weighted by Crippen LogP contribution is 2.31. The fraction of sp³-hybridized carbons (Fsp3) is 0.259. The van der Waals surface area contributed by atoms with E-state index in [4.69, 9.17) is 15.2 Å². The average Bonchev–Trinajstić information content (AvgIpc) is 3.52. The van der Waals surface area contributed by atoms with Crippen molar-refractivity contribution in [1.82, 2.24) is 20.2 Å². The summed E-state index contributed by atoms with van der Waals surface area (Å²) in [6.45, 7) is 3.54. The summed E-state index contributed by atoms with van der Waals surface area (Å²) in [7, 11) is 0. The normalized spacial score (nSPS) is 15.1. The highest BCUT2D eigenvalue weighted by atomic mass is 16.5. The Balaban J connectivity index is 1.17. The van der Waals surface area contributed by atoms with E-state index < -0.39 is 0 Å². The molecule has 0 spiro atoms. The smallest absolute Gasteiger partial charge is 0.158 e. The van der Waals surface area contributed by atoms with Crippen LogP contribution in [0.4, 0.5) is 5.82 Å². The van der Waals surface area contributed by atoms with Crippen molar-refractivity contribution in [1.29, 1.82) is 0 Å². The summed E-state index contributed by atoms with van der Waals surface area (Å²) in [5.74, 6) is 1.67. The van der Waals surface area contributed by atoms with Crippen LogP contribution in [0.2, 0.25) is 0 Å². The van der Waals surface area contributed by atoms with Gasteiger partial charge in [-0.15, -0.1) is 0 Å². The maximum atomic E-state index is 6.41. The van der Waals surface area contributed by atoms with E-state index in [1.54, 1.807) is 6.20 Å². The van der Waals surface area contributed by atoms with Gasteiger partial charge in [0.05, 0.1) is 24.9 Å². The highest BCUT2D eigenvalue weighted by molar-refractivity contribution is 5.93. The van der Waals surface area contributed by atoms with Crippen LogP contribution in [0.1, 0.15) is 5.56 Å². The van der Waals surface area contributed by atoms with E-state index in [1.807, 2.05) is 30.6 Å². The first-order chi connectivity index (χ1) is 17.2. The van der Waals surface area contributed by atoms with Gasteiger partial charge < -0.3 is 25.1 Å². The SMILES string of the molecule is N[C@H](COc1cncc(-c2ccc3[nH]nc(N4CCOCC4)c3c2)c1)Cc1c[nH]c2ccccc12. The summed E-state index contributed by atoms with van der Waals surface area (Å²) in [4.78, 5) is 9.98. The molecule has 0 saturated carbocycles. The van der Waals surface area contributed by atoms with Crippen molar-refractivity contribution in [3.63, 3.8) is 0 Å². The van der Waals surface area contributed by atoms with Crippen LogP contribution >= 0.6 is 0 Å². The van der Waals surface area contributed by atoms with Gasteiger partial charge in [0.15, 0.2) is 5.82 Å². The number of fused-ring (bicyclic) bond motifs is 2. The largest absolute Gasteiger partial charge is 0.490 e. The van der Waals surface area contributed by atoms with Gasteiger partial charge in [-0.2, -0.15) is 5.10 Å². The lowest BCUT2D eigenvalue weighted by Crippen LogP contribution is -2.36. The minimum atomic E-state index is -0.128. The standard InChI is InChI=1S/C27H28N6O2/c28-21(11-20-15-30-25-4-2-1-3-23(20)25)17-35-22-12-19(14-29-16-22)18-5-6-26-24(13-18)27(32-31-26)33-7-9-34-10-8-33/h1-6,12-16,21,30H,7-11,17,28H2,(H,31,32)/t21-/m0/s1. The number of nitrogens with one attached hydrogen (secondary N) is 2. The van der Waals surface area contributed by atoms with Crippen LogP contribution in [0.5, 0.6) is 5.75 Å². The first-order valence-electron chi connectivity index (χ1n) is 11.9. The minimum absolute atomic E-state index is 0.128. The van der Waals surface area contributed by atoms with Gasteiger partial charge in [0.2, 0.25) is 0 Å². The van der Waals surface area contributed by atoms with Gasteiger partial charge in [-0.3, -0.25) is 10.1 Å². The molecule has 0 bridgehead atoms. The fourth-order valence-corrected chi connectivity index (χ4v) is 4.70. The number of aromatic amines is 2. The fourth-order valence-electron chi connectivity index (χ4n) is 4.70. The number of anilines is 1. The second-order valence-electron chi connectivity index (χ2n) is 8.95. The molecule has 1 aliphatic heterocycles. The minimum Gasteiger partial charge on any atom is -0.490 e. The summed E-state index contributed by atoms with van der Waals surface area (Å²) in [5.41, 5.74) is 11.8. The summed E-state index contributed by atoms with van der Waals surface area (Å²) in [6, 6.07) is 16.4. The number of morpholine rings is 1. The molecule has 8 nitrogen and oxygen atoms in total. The molecular weight excluding hydrogens is 440 g/mol. The molecular formula is C27H28N6O2. The first-order valence-corrected chi connectivity index (χ1v) is 11.9. The Bertz CT molecular complexity index is 1450. The molecule has 4 heterocycles. The van der Waals surface area contributed by atoms with Crippen LogP contribution in [0, 0.1) is 0 Å². The molecule has 0 aliphatic carbocycles. The van der Waals surface area contributed by atoms with Crippen molar-refractivity contribution in [3.8, 4) is 16.9 Å². The van der Waals surface area contributed by atoms with Crippen LogP contribution in [-0.4, -0.2) is 59.1 Å². The number of para-hydroxylation sites is 1. The molecule has 8 heteroatoms. The van der Waals surface area contributed by atoms with Crippen molar-refractivity contribution >= 4 is 27.6 Å². The van der Waals surface area contributed by atoms with E-state index in [1.165, 1.54) is 10.9 Å². The van der Waals surface area contributed by atoms with Crippen molar-refractivity contribution in [2.24, 2.45) is 5.73 Å². The molecule has 3 aromatic heterocycles. The van der Waals surface area contributed by atoms with Crippen LogP contribution in [0.25, 0.3) is 32.9 Å². The summed E-state index contributed by atoms with van der Waals surface area (Å²) >= 11 is 0. The molecule has 4 N–H and O–H groups in total. The van der Waals surface area contributed by atoms with Gasteiger partial charge in [0.1, 0.15) is 12.4 Å². The van der Waals surface area contributed by atoms with Crippen molar-refractivity contribution < 1.29 is 9.47 Å². The predicted octanol–water partition coefficient (Wildman–Crippen LogP) is 3.89. The van der Waals surface area contributed by atoms with Gasteiger partial charge in [-0.25, -0.2) is 0 Å². The van der Waals surface area contributed by atoms with Gasteiger partial charge in [-0.05, 0) is 41.8 Å². The molecule has 1 aliphatic rings. The summed E-state index contributed by atoms with van der Waals surface area (Å²) in [5, 5.41) is 10.0. The number of pyridine rings is 1. The van der Waals surface area contributed by atoms with Crippen molar-refractivity contribution in [2.45, 2.75) is 12.5 Å². The van der Waals surface area contributed by atoms with Crippen LogP contribution in [0.15, 0.2) is 67.1 Å². The molecule has 0 unspecified atom stereocenters. The zero-order chi connectivity index (χ0) is 23.6. The van der Waals surface area contributed by atoms with Gasteiger partial charge in [0.25, 0.3) is 0 Å². The number of nitrogens with two attached hydrogens (primary N) is 1. The topological polar surface area (TPSA) is 105 Å². The lowest BCUT2D eigenvalue weighted by atomic mass is 10.1. The zero-order valence-corrected chi connectivity index (χ0v) is 19.4. The van der Waals surface area contributed by atoms with E-state index in [0.717, 1.165) is 66.1 Å². The lowest BCUT2D eigenvalue weighted by Gasteiger charge is -2.26. The second kappa shape index (κ2) is 9.40. The Morgan fingerprint density at radius 3 is 2.80 bits per heavy atom. The molecule has 0 amide bonds. The van der Waals surface area contributed by atoms with E-state index >= 15 is 0 Å². The number of hydrogen-bond donors (Lipinski definition) is 3. The van der Waals surface area contributed by atoms with Gasteiger partial charge >= 0.3 is 0 Å². The third-order valence-corrected chi connectivity index (χ3v) is 6.52. The third-order valence-electron chi connectivity index (χ3n) is 6.52. The summed E-state index contributed by atoms with van der Waals surface area (Å²) in [6.07, 6.45) is 6.36. The number of benzene rings is 2. The monoisotopic (exact) mass is 468 g/mol. The van der Waals surface area contributed by atoms with Crippen LogP contribution < -0.4 is 15.4 Å². The molecule has 0 radical (unpaired) electrons. The lowest BCUT2D eigenvalue weighted by molar-refractivity contribution is 0.122. The first kappa shape index (κ1) is 21.6. The second-order valence-corrected chi connectivity index (χ2v) is 8.95. The van der Waals surface area contributed by atoms with E-state index in [9.17, 15) is 0 Å². The number of ether oxygens (including phenoxy) is 2. The Morgan fingerprint density at radius 2 is 1.89 bits per heavy atom. The van der Waals surface area contributed by atoms with Crippen LogP contribution in [0.3, 0.4) is 0 Å². The molecule has 35 heavy (non-hydrogen) atoms. The summed E-state index contributed by atoms with van der Waals surface area (Å²) < 4.78 is 11.5. The number of rotatable bonds is 7. The molecule has 1 atom stereocenters. The number of hydrogen-bond acceptors (Lipinski definition) is 6. The maximum Gasteiger partial charge on any atom is 0.158 e. The van der Waals surface area contributed by atoms with Crippen LogP contribution in [-0.2, 0) is 11.2 Å². The predicted molar refractivity (Wildman–Crippen MR) is 138 cm³/mol. The average molecular weight is 469 g/mol. The van der Waals surface area contributed by atoms with Crippen molar-refractivity contribution in [2.75, 3.05) is 37.8 Å². The molecule has 1 saturated heterocycles. The maximum absolute atomic E-state index is 6.41. The van der Waals surface area contributed by atoms with E-state index in [-0.39, 0.29) is 6.04 Å². The number of nitrogens with zero attached hydrogens (tertiary/aromatic N) is 3. The molecule has 5 aromatic rings.